The highest BCUT2D eigenvalue weighted by Gasteiger charge is 2.49. The number of amides is 4. The topological polar surface area (TPSA) is 146 Å². The van der Waals surface area contributed by atoms with Gasteiger partial charge in [-0.1, -0.05) is 0 Å². The van der Waals surface area contributed by atoms with Crippen molar-refractivity contribution in [3.8, 4) is 0 Å². The van der Waals surface area contributed by atoms with Crippen molar-refractivity contribution in [3.05, 3.63) is 0 Å². The summed E-state index contributed by atoms with van der Waals surface area (Å²) in [7, 11) is -4.83. The molecule has 0 spiro atoms. The minimum Gasteiger partial charge on any atom is -0.444 e. The Morgan fingerprint density at radius 1 is 1.13 bits per heavy atom. The normalized spacial score (nSPS) is 25.5. The Morgan fingerprint density at radius 2 is 1.77 bits per heavy atom. The van der Waals surface area contributed by atoms with Crippen LogP contribution >= 0.6 is 0 Å². The molecular weight excluding hydrogens is 420 g/mol. The smallest absolute Gasteiger partial charge is 0.418 e. The summed E-state index contributed by atoms with van der Waals surface area (Å²) < 4.78 is 40.5. The van der Waals surface area contributed by atoms with Gasteiger partial charge in [-0.05, 0) is 46.5 Å². The second-order valence-corrected chi connectivity index (χ2v) is 9.76. The van der Waals surface area contributed by atoms with Crippen molar-refractivity contribution in [2.24, 2.45) is 0 Å². The number of hydrogen-bond donors (Lipinski definition) is 2. The lowest BCUT2D eigenvalue weighted by molar-refractivity contribution is -0.127. The Hall–Kier alpha value is -2.12. The molecule has 0 saturated carbocycles. The predicted octanol–water partition coefficient (Wildman–Crippen LogP) is 0.505. The first-order valence-corrected chi connectivity index (χ1v) is 11.3. The van der Waals surface area contributed by atoms with Gasteiger partial charge in [0.05, 0.1) is 6.04 Å². The largest absolute Gasteiger partial charge is 0.444 e. The molecule has 0 unspecified atom stereocenters. The maximum Gasteiger partial charge on any atom is 0.418 e. The zero-order valence-electron chi connectivity index (χ0n) is 17.2. The molecule has 12 nitrogen and oxygen atoms in total. The molecule has 4 amide bonds. The van der Waals surface area contributed by atoms with Crippen molar-refractivity contribution in [3.63, 3.8) is 0 Å². The van der Waals surface area contributed by atoms with Crippen molar-refractivity contribution in [2.45, 2.75) is 70.2 Å². The summed E-state index contributed by atoms with van der Waals surface area (Å²) in [5.41, 5.74) is -0.573. The van der Waals surface area contributed by atoms with Gasteiger partial charge in [-0.25, -0.2) is 9.59 Å². The van der Waals surface area contributed by atoms with E-state index < -0.39 is 34.1 Å². The third-order valence-corrected chi connectivity index (χ3v) is 5.64. The van der Waals surface area contributed by atoms with Crippen LogP contribution in [0.2, 0.25) is 0 Å². The first-order chi connectivity index (χ1) is 13.8. The zero-order chi connectivity index (χ0) is 22.3. The second kappa shape index (κ2) is 8.19. The summed E-state index contributed by atoms with van der Waals surface area (Å²) in [6, 6.07) is -2.19. The molecular formula is C17H28N4O8S. The van der Waals surface area contributed by atoms with Gasteiger partial charge in [-0.15, -0.1) is 4.28 Å². The fraction of sp³-hybridized carbons (Fsp3) is 0.824. The summed E-state index contributed by atoms with van der Waals surface area (Å²) in [4.78, 5) is 40.2. The highest BCUT2D eigenvalue weighted by Crippen LogP contribution is 2.31. The van der Waals surface area contributed by atoms with E-state index in [2.05, 4.69) is 9.60 Å². The lowest BCUT2D eigenvalue weighted by atomic mass is 9.99. The lowest BCUT2D eigenvalue weighted by Gasteiger charge is -2.35. The Balaban J connectivity index is 1.52. The molecule has 0 aromatic rings. The van der Waals surface area contributed by atoms with Gasteiger partial charge in [0.2, 0.25) is 5.91 Å². The molecule has 2 N–H and O–H groups in total. The van der Waals surface area contributed by atoms with Gasteiger partial charge in [0.15, 0.2) is 0 Å². The fourth-order valence-corrected chi connectivity index (χ4v) is 4.32. The Morgan fingerprint density at radius 3 is 2.33 bits per heavy atom. The highest BCUT2D eigenvalue weighted by molar-refractivity contribution is 7.80. The van der Waals surface area contributed by atoms with Crippen LogP contribution in [0.5, 0.6) is 0 Å². The number of hydroxylamine groups is 2. The van der Waals surface area contributed by atoms with Crippen LogP contribution < -0.4 is 5.32 Å². The SMILES string of the molecule is CC(C)(C)OC(=O)N1CCC(NC(=O)[C@@H]2CC[C@@H]3CN2C(=O)N3OS(=O)(=O)O)CC1. The quantitative estimate of drug-likeness (QED) is 0.592. The molecule has 0 aliphatic carbocycles. The van der Waals surface area contributed by atoms with E-state index in [9.17, 15) is 22.8 Å². The molecule has 30 heavy (non-hydrogen) atoms. The summed E-state index contributed by atoms with van der Waals surface area (Å²) in [5, 5.41) is 3.54. The van der Waals surface area contributed by atoms with Gasteiger partial charge >= 0.3 is 22.5 Å². The van der Waals surface area contributed by atoms with Crippen LogP contribution in [0.25, 0.3) is 0 Å². The Labute approximate surface area is 175 Å². The van der Waals surface area contributed by atoms with E-state index >= 15 is 0 Å². The molecule has 3 saturated heterocycles. The number of piperidine rings is 2. The number of ether oxygens (including phenoxy) is 1. The molecule has 3 rings (SSSR count). The average molecular weight is 448 g/mol. The molecule has 0 aromatic heterocycles. The number of nitrogens with one attached hydrogen (secondary N) is 1. The van der Waals surface area contributed by atoms with Crippen molar-refractivity contribution in [2.75, 3.05) is 19.6 Å². The Bertz CT molecular complexity index is 803. The van der Waals surface area contributed by atoms with Crippen LogP contribution in [0.4, 0.5) is 9.59 Å². The third-order valence-electron chi connectivity index (χ3n) is 5.29. The average Bonchev–Trinajstić information content (AvgIpc) is 2.84. The number of urea groups is 1. The summed E-state index contributed by atoms with van der Waals surface area (Å²) in [6.07, 6.45) is 1.46. The van der Waals surface area contributed by atoms with Gasteiger partial charge in [0.1, 0.15) is 11.6 Å². The number of nitrogens with zero attached hydrogens (tertiary/aromatic N) is 3. The molecule has 3 fully saturated rings. The molecule has 170 valence electrons. The van der Waals surface area contributed by atoms with Crippen molar-refractivity contribution in [1.29, 1.82) is 0 Å². The first-order valence-electron chi connectivity index (χ1n) is 9.89. The monoisotopic (exact) mass is 448 g/mol. The van der Waals surface area contributed by atoms with E-state index in [-0.39, 0.29) is 24.6 Å². The minimum absolute atomic E-state index is 0.142. The van der Waals surface area contributed by atoms with Gasteiger partial charge in [0.25, 0.3) is 0 Å². The fourth-order valence-electron chi connectivity index (χ4n) is 3.93. The summed E-state index contributed by atoms with van der Waals surface area (Å²) in [5.74, 6) is -0.328. The summed E-state index contributed by atoms with van der Waals surface area (Å²) in [6.45, 7) is 6.44. The Kier molecular flexibility index (Phi) is 6.16. The maximum atomic E-state index is 12.8. The molecule has 0 aromatic carbocycles. The number of hydrogen-bond acceptors (Lipinski definition) is 7. The molecule has 2 bridgehead atoms. The van der Waals surface area contributed by atoms with Crippen LogP contribution in [0.15, 0.2) is 0 Å². The van der Waals surface area contributed by atoms with Crippen LogP contribution in [-0.2, 0) is 24.2 Å². The standard InChI is InChI=1S/C17H28N4O8S/c1-17(2,3)28-16(24)19-8-6-11(7-9-19)18-14(22)13-5-4-12-10-20(13)15(23)21(12)29-30(25,26)27/h11-13H,4-10H2,1-3H3,(H,18,22)(H,25,26,27)/t12-,13+/m1/s1. The lowest BCUT2D eigenvalue weighted by Crippen LogP contribution is -2.54. The van der Waals surface area contributed by atoms with E-state index in [4.69, 9.17) is 9.29 Å². The van der Waals surface area contributed by atoms with Crippen LogP contribution in [0.3, 0.4) is 0 Å². The molecule has 0 radical (unpaired) electrons. The van der Waals surface area contributed by atoms with Gasteiger partial charge in [-0.3, -0.25) is 9.35 Å². The second-order valence-electron chi connectivity index (χ2n) is 8.76. The van der Waals surface area contributed by atoms with Gasteiger partial charge in [0, 0.05) is 25.7 Å². The van der Waals surface area contributed by atoms with Gasteiger partial charge < -0.3 is 19.9 Å². The minimum atomic E-state index is -4.83. The number of carbonyl (C=O) groups excluding carboxylic acids is 3. The van der Waals surface area contributed by atoms with Crippen molar-refractivity contribution >= 4 is 28.4 Å². The van der Waals surface area contributed by atoms with Crippen molar-refractivity contribution < 1.29 is 36.4 Å². The van der Waals surface area contributed by atoms with E-state index in [1.54, 1.807) is 25.7 Å². The molecule has 13 heteroatoms. The molecule has 3 aliphatic heterocycles. The van der Waals surface area contributed by atoms with Crippen LogP contribution in [0.1, 0.15) is 46.5 Å². The number of carbonyl (C=O) groups is 3. The highest BCUT2D eigenvalue weighted by atomic mass is 32.3. The zero-order valence-corrected chi connectivity index (χ0v) is 18.1. The maximum absolute atomic E-state index is 12.8. The molecule has 3 heterocycles. The summed E-state index contributed by atoms with van der Waals surface area (Å²) >= 11 is 0. The first kappa shape index (κ1) is 22.6. The van der Waals surface area contributed by atoms with Crippen LogP contribution in [0, 0.1) is 0 Å². The molecule has 2 atom stereocenters. The van der Waals surface area contributed by atoms with E-state index in [1.165, 1.54) is 4.90 Å². The van der Waals surface area contributed by atoms with Gasteiger partial charge in [-0.2, -0.15) is 13.5 Å². The number of rotatable bonds is 4. The number of fused-ring (bicyclic) bond motifs is 2. The van der Waals surface area contributed by atoms with E-state index in [0.717, 1.165) is 0 Å². The van der Waals surface area contributed by atoms with E-state index in [1.807, 2.05) is 0 Å². The van der Waals surface area contributed by atoms with Crippen LogP contribution in [-0.4, -0.2) is 89.2 Å². The molecule has 3 aliphatic rings. The predicted molar refractivity (Wildman–Crippen MR) is 102 cm³/mol. The van der Waals surface area contributed by atoms with E-state index in [0.29, 0.717) is 43.8 Å². The number of likely N-dealkylation sites (tertiary alicyclic amines) is 1. The van der Waals surface area contributed by atoms with Crippen molar-refractivity contribution in [1.82, 2.24) is 20.2 Å². The third kappa shape index (κ3) is 5.32.